The summed E-state index contributed by atoms with van der Waals surface area (Å²) in [6, 6.07) is 12.4. The Hall–Kier alpha value is -3.15. The molecule has 2 amide bonds. The van der Waals surface area contributed by atoms with Crippen LogP contribution in [0.1, 0.15) is 66.6 Å². The molecule has 0 spiro atoms. The van der Waals surface area contributed by atoms with Crippen molar-refractivity contribution >= 4 is 17.8 Å². The molecule has 0 saturated heterocycles. The first kappa shape index (κ1) is 22.1. The van der Waals surface area contributed by atoms with Crippen molar-refractivity contribution in [2.45, 2.75) is 46.0 Å². The van der Waals surface area contributed by atoms with E-state index in [1.54, 1.807) is 30.3 Å². The van der Waals surface area contributed by atoms with Crippen LogP contribution >= 0.6 is 0 Å². The van der Waals surface area contributed by atoms with Crippen LogP contribution in [0.3, 0.4) is 0 Å². The van der Waals surface area contributed by atoms with E-state index in [4.69, 9.17) is 4.74 Å². The van der Waals surface area contributed by atoms with Gasteiger partial charge in [0.15, 0.2) is 6.61 Å². The maximum Gasteiger partial charge on any atom is 0.342 e. The van der Waals surface area contributed by atoms with Crippen molar-refractivity contribution in [3.8, 4) is 5.75 Å². The van der Waals surface area contributed by atoms with Crippen molar-refractivity contribution in [3.63, 3.8) is 0 Å². The third kappa shape index (κ3) is 6.17. The van der Waals surface area contributed by atoms with Gasteiger partial charge in [0.25, 0.3) is 5.91 Å². The fraction of sp³-hybridized carbons (Fsp3) is 0.348. The Bertz CT molecular complexity index is 888. The minimum atomic E-state index is -0.808. The van der Waals surface area contributed by atoms with Gasteiger partial charge in [-0.1, -0.05) is 64.1 Å². The largest absolute Gasteiger partial charge is 0.507 e. The SMILES string of the molecule is CC(C)c1cc(C(=O)OCC(=O)NC(=O)Cc2ccccc2)c(O)c(C(C)C)c1. The zero-order valence-corrected chi connectivity index (χ0v) is 17.2. The molecule has 2 aromatic rings. The predicted octanol–water partition coefficient (Wildman–Crippen LogP) is 3.68. The smallest absolute Gasteiger partial charge is 0.342 e. The third-order valence-corrected chi connectivity index (χ3v) is 4.49. The van der Waals surface area contributed by atoms with Gasteiger partial charge in [-0.25, -0.2) is 4.79 Å². The maximum atomic E-state index is 12.4. The van der Waals surface area contributed by atoms with Crippen LogP contribution in [0.2, 0.25) is 0 Å². The molecule has 2 rings (SSSR count). The molecule has 154 valence electrons. The summed E-state index contributed by atoms with van der Waals surface area (Å²) in [5, 5.41) is 12.6. The summed E-state index contributed by atoms with van der Waals surface area (Å²) in [5.74, 6) is -1.99. The van der Waals surface area contributed by atoms with Gasteiger partial charge >= 0.3 is 5.97 Å². The fourth-order valence-corrected chi connectivity index (χ4v) is 2.84. The summed E-state index contributed by atoms with van der Waals surface area (Å²) in [7, 11) is 0. The summed E-state index contributed by atoms with van der Waals surface area (Å²) in [5.41, 5.74) is 2.32. The summed E-state index contributed by atoms with van der Waals surface area (Å²) in [6.07, 6.45) is 0.0511. The van der Waals surface area contributed by atoms with E-state index in [1.807, 2.05) is 39.8 Å². The highest BCUT2D eigenvalue weighted by atomic mass is 16.5. The van der Waals surface area contributed by atoms with E-state index in [1.165, 1.54) is 0 Å². The van der Waals surface area contributed by atoms with E-state index in [-0.39, 0.29) is 29.6 Å². The summed E-state index contributed by atoms with van der Waals surface area (Å²) in [6.45, 7) is 7.19. The summed E-state index contributed by atoms with van der Waals surface area (Å²) in [4.78, 5) is 36.3. The van der Waals surface area contributed by atoms with Crippen LogP contribution < -0.4 is 5.32 Å². The second-order valence-electron chi connectivity index (χ2n) is 7.53. The average Bonchev–Trinajstić information content (AvgIpc) is 2.66. The van der Waals surface area contributed by atoms with E-state index in [0.29, 0.717) is 5.56 Å². The number of nitrogens with one attached hydrogen (secondary N) is 1. The van der Waals surface area contributed by atoms with E-state index < -0.39 is 24.4 Å². The molecule has 0 atom stereocenters. The fourth-order valence-electron chi connectivity index (χ4n) is 2.84. The second-order valence-corrected chi connectivity index (χ2v) is 7.53. The van der Waals surface area contributed by atoms with Crippen LogP contribution in [0.15, 0.2) is 42.5 Å². The highest BCUT2D eigenvalue weighted by molar-refractivity contribution is 5.99. The molecule has 0 saturated carbocycles. The molecule has 0 aromatic heterocycles. The van der Waals surface area contributed by atoms with Gasteiger partial charge in [0.05, 0.1) is 6.42 Å². The Balaban J connectivity index is 2.01. The lowest BCUT2D eigenvalue weighted by molar-refractivity contribution is -0.132. The monoisotopic (exact) mass is 397 g/mol. The van der Waals surface area contributed by atoms with Gasteiger partial charge in [-0.3, -0.25) is 14.9 Å². The van der Waals surface area contributed by atoms with E-state index in [2.05, 4.69) is 5.32 Å². The molecule has 29 heavy (non-hydrogen) atoms. The number of aromatic hydroxyl groups is 1. The predicted molar refractivity (Wildman–Crippen MR) is 110 cm³/mol. The first-order chi connectivity index (χ1) is 13.7. The molecule has 0 radical (unpaired) electrons. The number of phenolic OH excluding ortho intramolecular Hbond substituents is 1. The average molecular weight is 397 g/mol. The molecular weight excluding hydrogens is 370 g/mol. The Morgan fingerprint density at radius 2 is 1.62 bits per heavy atom. The van der Waals surface area contributed by atoms with Gasteiger partial charge in [0.1, 0.15) is 11.3 Å². The van der Waals surface area contributed by atoms with Gasteiger partial charge in [-0.2, -0.15) is 0 Å². The first-order valence-corrected chi connectivity index (χ1v) is 9.59. The molecule has 0 fully saturated rings. The molecule has 0 heterocycles. The number of ether oxygens (including phenoxy) is 1. The minimum Gasteiger partial charge on any atom is -0.507 e. The van der Waals surface area contributed by atoms with Crippen molar-refractivity contribution in [2.75, 3.05) is 6.61 Å². The molecule has 0 aliphatic rings. The molecule has 2 N–H and O–H groups in total. The van der Waals surface area contributed by atoms with Crippen molar-refractivity contribution in [3.05, 3.63) is 64.7 Å². The number of imide groups is 1. The highest BCUT2D eigenvalue weighted by Crippen LogP contribution is 2.33. The van der Waals surface area contributed by atoms with Crippen LogP contribution in [-0.2, 0) is 20.7 Å². The quantitative estimate of drug-likeness (QED) is 0.695. The van der Waals surface area contributed by atoms with Crippen molar-refractivity contribution < 1.29 is 24.2 Å². The number of amides is 2. The minimum absolute atomic E-state index is 0.0131. The van der Waals surface area contributed by atoms with Crippen LogP contribution in [0.4, 0.5) is 0 Å². The van der Waals surface area contributed by atoms with E-state index in [9.17, 15) is 19.5 Å². The third-order valence-electron chi connectivity index (χ3n) is 4.49. The Morgan fingerprint density at radius 1 is 0.966 bits per heavy atom. The van der Waals surface area contributed by atoms with Crippen molar-refractivity contribution in [1.29, 1.82) is 0 Å². The standard InChI is InChI=1S/C23H27NO5/c1-14(2)17-11-18(15(3)4)22(27)19(12-17)23(28)29-13-21(26)24-20(25)10-16-8-6-5-7-9-16/h5-9,11-12,14-15,27H,10,13H2,1-4H3,(H,24,25,26). The number of carbonyl (C=O) groups is 3. The van der Waals surface area contributed by atoms with Crippen LogP contribution in [0.25, 0.3) is 0 Å². The van der Waals surface area contributed by atoms with Gasteiger partial charge in [-0.05, 0) is 34.6 Å². The molecular formula is C23H27NO5. The highest BCUT2D eigenvalue weighted by Gasteiger charge is 2.21. The number of benzene rings is 2. The first-order valence-electron chi connectivity index (χ1n) is 9.59. The molecule has 2 aromatic carbocycles. The molecule has 0 aliphatic heterocycles. The maximum absolute atomic E-state index is 12.4. The normalized spacial score (nSPS) is 10.8. The Kier molecular flexibility index (Phi) is 7.53. The van der Waals surface area contributed by atoms with Crippen molar-refractivity contribution in [2.24, 2.45) is 0 Å². The zero-order valence-electron chi connectivity index (χ0n) is 17.2. The van der Waals surface area contributed by atoms with Gasteiger partial charge in [0, 0.05) is 0 Å². The lowest BCUT2D eigenvalue weighted by Crippen LogP contribution is -2.35. The number of hydrogen-bond donors (Lipinski definition) is 2. The van der Waals surface area contributed by atoms with Gasteiger partial charge < -0.3 is 9.84 Å². The molecule has 6 heteroatoms. The Morgan fingerprint density at radius 3 is 2.21 bits per heavy atom. The Labute approximate surface area is 170 Å². The number of rotatable bonds is 7. The summed E-state index contributed by atoms with van der Waals surface area (Å²) < 4.78 is 5.03. The number of esters is 1. The van der Waals surface area contributed by atoms with Crippen molar-refractivity contribution in [1.82, 2.24) is 5.32 Å². The van der Waals surface area contributed by atoms with Crippen LogP contribution in [0.5, 0.6) is 5.75 Å². The topological polar surface area (TPSA) is 92.7 Å². The number of phenols is 1. The molecule has 0 unspecified atom stereocenters. The second kappa shape index (κ2) is 9.87. The molecule has 0 bridgehead atoms. The van der Waals surface area contributed by atoms with E-state index in [0.717, 1.165) is 11.1 Å². The van der Waals surface area contributed by atoms with E-state index >= 15 is 0 Å². The van der Waals surface area contributed by atoms with Gasteiger partial charge in [0.2, 0.25) is 5.91 Å². The zero-order chi connectivity index (χ0) is 21.6. The lowest BCUT2D eigenvalue weighted by Gasteiger charge is -2.16. The van der Waals surface area contributed by atoms with Crippen LogP contribution in [0, 0.1) is 0 Å². The summed E-state index contributed by atoms with van der Waals surface area (Å²) >= 11 is 0. The van der Waals surface area contributed by atoms with Crippen LogP contribution in [-0.4, -0.2) is 29.5 Å². The number of carbonyl (C=O) groups excluding carboxylic acids is 3. The lowest BCUT2D eigenvalue weighted by atomic mass is 9.92. The molecule has 6 nitrogen and oxygen atoms in total. The number of hydrogen-bond acceptors (Lipinski definition) is 5. The van der Waals surface area contributed by atoms with Gasteiger partial charge in [-0.15, -0.1) is 0 Å². The molecule has 0 aliphatic carbocycles.